The lowest BCUT2D eigenvalue weighted by Gasteiger charge is -2.08. The lowest BCUT2D eigenvalue weighted by Crippen LogP contribution is -2.27. The molecular weight excluding hydrogens is 436 g/mol. The van der Waals surface area contributed by atoms with Crippen molar-refractivity contribution in [2.75, 3.05) is 12.3 Å². The molecule has 0 fully saturated rings. The molecule has 3 rings (SSSR count). The molecule has 0 spiro atoms. The fraction of sp³-hybridized carbons (Fsp3) is 0.190. The SMILES string of the molecule is C=CCn1c(SCC(=O)NCCc2ccccc2)nnc1-c1ccc(Br)cc1. The van der Waals surface area contributed by atoms with Gasteiger partial charge in [0.15, 0.2) is 11.0 Å². The van der Waals surface area contributed by atoms with Crippen molar-refractivity contribution in [3.63, 3.8) is 0 Å². The molecule has 0 aliphatic rings. The predicted octanol–water partition coefficient (Wildman–Crippen LogP) is 4.34. The van der Waals surface area contributed by atoms with Gasteiger partial charge in [0.25, 0.3) is 0 Å². The molecule has 144 valence electrons. The van der Waals surface area contributed by atoms with E-state index in [-0.39, 0.29) is 5.91 Å². The summed E-state index contributed by atoms with van der Waals surface area (Å²) >= 11 is 4.82. The molecule has 0 saturated carbocycles. The molecule has 0 saturated heterocycles. The van der Waals surface area contributed by atoms with E-state index in [0.717, 1.165) is 22.3 Å². The molecule has 7 heteroatoms. The minimum absolute atomic E-state index is 0.0146. The Balaban J connectivity index is 1.58. The Morgan fingerprint density at radius 3 is 2.61 bits per heavy atom. The van der Waals surface area contributed by atoms with Crippen LogP contribution in [0.15, 0.2) is 76.9 Å². The number of allylic oxidation sites excluding steroid dienone is 1. The van der Waals surface area contributed by atoms with E-state index in [9.17, 15) is 4.79 Å². The molecular formula is C21H21BrN4OS. The normalized spacial score (nSPS) is 10.6. The van der Waals surface area contributed by atoms with Crippen LogP contribution < -0.4 is 5.32 Å². The van der Waals surface area contributed by atoms with E-state index in [1.165, 1.54) is 17.3 Å². The number of nitrogens with one attached hydrogen (secondary N) is 1. The molecule has 5 nitrogen and oxygen atoms in total. The summed E-state index contributed by atoms with van der Waals surface area (Å²) in [5, 5.41) is 12.2. The minimum Gasteiger partial charge on any atom is -0.355 e. The third kappa shape index (κ3) is 5.56. The Bertz CT molecular complexity index is 925. The van der Waals surface area contributed by atoms with E-state index >= 15 is 0 Å². The quantitative estimate of drug-likeness (QED) is 0.384. The van der Waals surface area contributed by atoms with Gasteiger partial charge in [-0.05, 0) is 24.1 Å². The number of benzene rings is 2. The fourth-order valence-corrected chi connectivity index (χ4v) is 3.72. The van der Waals surface area contributed by atoms with Crippen LogP contribution in [0.2, 0.25) is 0 Å². The van der Waals surface area contributed by atoms with Gasteiger partial charge in [-0.1, -0.05) is 76.2 Å². The van der Waals surface area contributed by atoms with Crippen molar-refractivity contribution in [1.82, 2.24) is 20.1 Å². The molecule has 28 heavy (non-hydrogen) atoms. The van der Waals surface area contributed by atoms with Crippen LogP contribution in [0, 0.1) is 0 Å². The first-order valence-electron chi connectivity index (χ1n) is 8.91. The molecule has 1 amide bonds. The van der Waals surface area contributed by atoms with Crippen molar-refractivity contribution in [1.29, 1.82) is 0 Å². The summed E-state index contributed by atoms with van der Waals surface area (Å²) in [6.07, 6.45) is 2.62. The summed E-state index contributed by atoms with van der Waals surface area (Å²) in [5.74, 6) is 1.04. The monoisotopic (exact) mass is 456 g/mol. The molecule has 1 N–H and O–H groups in total. The number of hydrogen-bond acceptors (Lipinski definition) is 4. The highest BCUT2D eigenvalue weighted by molar-refractivity contribution is 9.10. The van der Waals surface area contributed by atoms with Crippen molar-refractivity contribution >= 4 is 33.6 Å². The van der Waals surface area contributed by atoms with E-state index in [2.05, 4.69) is 50.2 Å². The Hall–Kier alpha value is -2.38. The van der Waals surface area contributed by atoms with Gasteiger partial charge in [-0.3, -0.25) is 9.36 Å². The molecule has 0 radical (unpaired) electrons. The summed E-state index contributed by atoms with van der Waals surface area (Å²) < 4.78 is 2.98. The Morgan fingerprint density at radius 2 is 1.89 bits per heavy atom. The number of rotatable bonds is 9. The second kappa shape index (κ2) is 10.2. The highest BCUT2D eigenvalue weighted by Gasteiger charge is 2.14. The molecule has 0 bridgehead atoms. The summed E-state index contributed by atoms with van der Waals surface area (Å²) in [5.41, 5.74) is 2.18. The van der Waals surface area contributed by atoms with Gasteiger partial charge in [-0.15, -0.1) is 16.8 Å². The van der Waals surface area contributed by atoms with Crippen LogP contribution in [0.4, 0.5) is 0 Å². The number of halogens is 1. The van der Waals surface area contributed by atoms with Crippen molar-refractivity contribution < 1.29 is 4.79 Å². The third-order valence-corrected chi connectivity index (χ3v) is 5.54. The predicted molar refractivity (Wildman–Crippen MR) is 117 cm³/mol. The largest absolute Gasteiger partial charge is 0.355 e. The highest BCUT2D eigenvalue weighted by Crippen LogP contribution is 2.25. The summed E-state index contributed by atoms with van der Waals surface area (Å²) in [7, 11) is 0. The molecule has 0 aliphatic heterocycles. The van der Waals surface area contributed by atoms with Crippen LogP contribution in [0.1, 0.15) is 5.56 Å². The van der Waals surface area contributed by atoms with E-state index < -0.39 is 0 Å². The smallest absolute Gasteiger partial charge is 0.230 e. The molecule has 0 unspecified atom stereocenters. The van der Waals surface area contributed by atoms with Crippen LogP contribution >= 0.6 is 27.7 Å². The Labute approximate surface area is 177 Å². The fourth-order valence-electron chi connectivity index (χ4n) is 2.67. The number of carbonyl (C=O) groups excluding carboxylic acids is 1. The second-order valence-corrected chi connectivity index (χ2v) is 7.94. The lowest BCUT2D eigenvalue weighted by molar-refractivity contribution is -0.118. The van der Waals surface area contributed by atoms with Crippen molar-refractivity contribution in [2.24, 2.45) is 0 Å². The van der Waals surface area contributed by atoms with E-state index in [4.69, 9.17) is 0 Å². The van der Waals surface area contributed by atoms with E-state index in [0.29, 0.717) is 24.0 Å². The zero-order chi connectivity index (χ0) is 19.8. The van der Waals surface area contributed by atoms with Gasteiger partial charge in [-0.25, -0.2) is 0 Å². The average Bonchev–Trinajstić information content (AvgIpc) is 3.11. The van der Waals surface area contributed by atoms with E-state index in [1.54, 1.807) is 6.08 Å². The number of aromatic nitrogens is 3. The standard InChI is InChI=1S/C21H21BrN4OS/c1-2-14-26-20(17-8-10-18(22)11-9-17)24-25-21(26)28-15-19(27)23-13-12-16-6-4-3-5-7-16/h2-11H,1,12-15H2,(H,23,27). The second-order valence-electron chi connectivity index (χ2n) is 6.09. The molecule has 1 heterocycles. The van der Waals surface area contributed by atoms with Crippen LogP contribution in [0.5, 0.6) is 0 Å². The van der Waals surface area contributed by atoms with Crippen LogP contribution in [-0.2, 0) is 17.8 Å². The summed E-state index contributed by atoms with van der Waals surface area (Å²) in [4.78, 5) is 12.2. The van der Waals surface area contributed by atoms with Crippen molar-refractivity contribution in [2.45, 2.75) is 18.1 Å². The van der Waals surface area contributed by atoms with Gasteiger partial charge in [-0.2, -0.15) is 0 Å². The number of carbonyl (C=O) groups is 1. The van der Waals surface area contributed by atoms with Gasteiger partial charge >= 0.3 is 0 Å². The average molecular weight is 457 g/mol. The number of thioether (sulfide) groups is 1. The first kappa shape index (κ1) is 20.4. The van der Waals surface area contributed by atoms with Crippen LogP contribution in [-0.4, -0.2) is 33.0 Å². The lowest BCUT2D eigenvalue weighted by atomic mass is 10.1. The number of nitrogens with zero attached hydrogens (tertiary/aromatic N) is 3. The molecule has 0 aliphatic carbocycles. The zero-order valence-corrected chi connectivity index (χ0v) is 17.7. The summed E-state index contributed by atoms with van der Waals surface area (Å²) in [6, 6.07) is 18.0. The van der Waals surface area contributed by atoms with Crippen LogP contribution in [0.3, 0.4) is 0 Å². The van der Waals surface area contributed by atoms with Gasteiger partial charge in [0, 0.05) is 23.1 Å². The molecule has 1 aromatic heterocycles. The third-order valence-electron chi connectivity index (χ3n) is 4.04. The number of hydrogen-bond donors (Lipinski definition) is 1. The van der Waals surface area contributed by atoms with Crippen molar-refractivity contribution in [3.05, 3.63) is 77.3 Å². The van der Waals surface area contributed by atoms with Gasteiger partial charge in [0.2, 0.25) is 5.91 Å². The highest BCUT2D eigenvalue weighted by atomic mass is 79.9. The van der Waals surface area contributed by atoms with Crippen LogP contribution in [0.25, 0.3) is 11.4 Å². The summed E-state index contributed by atoms with van der Waals surface area (Å²) in [6.45, 7) is 5.02. The number of amides is 1. The maximum Gasteiger partial charge on any atom is 0.230 e. The Kier molecular flexibility index (Phi) is 7.45. The maximum absolute atomic E-state index is 12.2. The minimum atomic E-state index is -0.0146. The Morgan fingerprint density at radius 1 is 1.14 bits per heavy atom. The first-order valence-corrected chi connectivity index (χ1v) is 10.7. The van der Waals surface area contributed by atoms with Gasteiger partial charge in [0.1, 0.15) is 0 Å². The van der Waals surface area contributed by atoms with Crippen molar-refractivity contribution in [3.8, 4) is 11.4 Å². The van der Waals surface area contributed by atoms with Gasteiger partial charge < -0.3 is 5.32 Å². The molecule has 2 aromatic carbocycles. The van der Waals surface area contributed by atoms with Gasteiger partial charge in [0.05, 0.1) is 5.75 Å². The maximum atomic E-state index is 12.2. The molecule has 3 aromatic rings. The zero-order valence-electron chi connectivity index (χ0n) is 15.3. The first-order chi connectivity index (χ1) is 13.7. The van der Waals surface area contributed by atoms with E-state index in [1.807, 2.05) is 47.0 Å². The topological polar surface area (TPSA) is 59.8 Å². The molecule has 0 atom stereocenters.